The number of amides is 1. The molecule has 2 aromatic carbocycles. The number of nitrogens with zero attached hydrogens (tertiary/aromatic N) is 1. The van der Waals surface area contributed by atoms with Crippen LogP contribution in [0, 0.1) is 6.92 Å². The second-order valence-corrected chi connectivity index (χ2v) is 5.95. The van der Waals surface area contributed by atoms with Gasteiger partial charge in [0, 0.05) is 11.1 Å². The third-order valence-electron chi connectivity index (χ3n) is 4.37. The fourth-order valence-corrected chi connectivity index (χ4v) is 3.21. The van der Waals surface area contributed by atoms with Crippen LogP contribution < -0.4 is 5.43 Å². The fourth-order valence-electron chi connectivity index (χ4n) is 3.21. The minimum atomic E-state index is -1.77. The summed E-state index contributed by atoms with van der Waals surface area (Å²) in [5.41, 5.74) is 3.45. The van der Waals surface area contributed by atoms with E-state index >= 15 is 0 Å². The Labute approximate surface area is 144 Å². The number of hydrogen-bond acceptors (Lipinski definition) is 4. The van der Waals surface area contributed by atoms with Crippen LogP contribution in [-0.4, -0.2) is 17.2 Å². The molecule has 1 aliphatic rings. The van der Waals surface area contributed by atoms with Gasteiger partial charge >= 0.3 is 0 Å². The number of fused-ring (bicyclic) bond motifs is 3. The summed E-state index contributed by atoms with van der Waals surface area (Å²) in [6.07, 6.45) is 1.40. The zero-order chi connectivity index (χ0) is 17.4. The second kappa shape index (κ2) is 5.72. The first-order chi connectivity index (χ1) is 12.1. The number of hydrazone groups is 1. The molecule has 1 aromatic heterocycles. The number of benzene rings is 2. The summed E-state index contributed by atoms with van der Waals surface area (Å²) in [6.45, 7) is 1.82. The Balaban J connectivity index is 1.68. The molecular formula is C20H16N2O3. The van der Waals surface area contributed by atoms with Gasteiger partial charge in [0.25, 0.3) is 5.91 Å². The van der Waals surface area contributed by atoms with E-state index < -0.39 is 11.5 Å². The Bertz CT molecular complexity index is 942. The third kappa shape index (κ3) is 2.37. The van der Waals surface area contributed by atoms with Gasteiger partial charge in [0.05, 0.1) is 6.21 Å². The van der Waals surface area contributed by atoms with Gasteiger partial charge in [0.15, 0.2) is 5.60 Å². The van der Waals surface area contributed by atoms with Crippen molar-refractivity contribution in [1.29, 1.82) is 0 Å². The van der Waals surface area contributed by atoms with E-state index in [1.165, 1.54) is 6.21 Å². The van der Waals surface area contributed by atoms with Crippen molar-refractivity contribution in [2.24, 2.45) is 5.10 Å². The summed E-state index contributed by atoms with van der Waals surface area (Å²) in [6, 6.07) is 18.2. The molecule has 4 rings (SSSR count). The molecule has 25 heavy (non-hydrogen) atoms. The standard InChI is InChI=1S/C20H16N2O3/c1-13-10-11-14(25-13)12-21-22-19(23)20(24)17-8-4-2-6-15(17)16-7-3-5-9-18(16)20/h2-12,24H,1H3,(H,22,23). The molecule has 0 spiro atoms. The number of furan rings is 1. The molecule has 0 bridgehead atoms. The number of aliphatic hydroxyl groups is 1. The van der Waals surface area contributed by atoms with Crippen LogP contribution in [0.5, 0.6) is 0 Å². The molecule has 0 atom stereocenters. The van der Waals surface area contributed by atoms with Crippen molar-refractivity contribution in [2.75, 3.05) is 0 Å². The van der Waals surface area contributed by atoms with Gasteiger partial charge < -0.3 is 9.52 Å². The van der Waals surface area contributed by atoms with Crippen LogP contribution in [0.4, 0.5) is 0 Å². The normalized spacial score (nSPS) is 14.3. The summed E-state index contributed by atoms with van der Waals surface area (Å²) in [4.78, 5) is 12.8. The molecule has 124 valence electrons. The van der Waals surface area contributed by atoms with Crippen LogP contribution in [0.3, 0.4) is 0 Å². The van der Waals surface area contributed by atoms with E-state index in [2.05, 4.69) is 10.5 Å². The van der Waals surface area contributed by atoms with Crippen molar-refractivity contribution in [3.63, 3.8) is 0 Å². The van der Waals surface area contributed by atoms with Crippen LogP contribution in [-0.2, 0) is 10.4 Å². The number of aryl methyl sites for hydroxylation is 1. The average Bonchev–Trinajstić information content (AvgIpc) is 3.16. The predicted octanol–water partition coefficient (Wildman–Crippen LogP) is 2.95. The van der Waals surface area contributed by atoms with Gasteiger partial charge in [-0.2, -0.15) is 5.10 Å². The summed E-state index contributed by atoms with van der Waals surface area (Å²) >= 11 is 0. The smallest absolute Gasteiger partial charge is 0.281 e. The maximum atomic E-state index is 12.8. The third-order valence-corrected chi connectivity index (χ3v) is 4.37. The van der Waals surface area contributed by atoms with E-state index in [1.807, 2.05) is 31.2 Å². The zero-order valence-electron chi connectivity index (χ0n) is 13.6. The van der Waals surface area contributed by atoms with Crippen LogP contribution >= 0.6 is 0 Å². The van der Waals surface area contributed by atoms with Crippen LogP contribution in [0.1, 0.15) is 22.6 Å². The molecule has 0 saturated heterocycles. The molecule has 5 heteroatoms. The number of rotatable bonds is 3. The van der Waals surface area contributed by atoms with E-state index in [1.54, 1.807) is 36.4 Å². The van der Waals surface area contributed by atoms with Gasteiger partial charge in [-0.05, 0) is 30.2 Å². The maximum Gasteiger partial charge on any atom is 0.281 e. The molecule has 1 aliphatic carbocycles. The summed E-state index contributed by atoms with van der Waals surface area (Å²) in [5.74, 6) is 0.673. The molecule has 0 radical (unpaired) electrons. The zero-order valence-corrected chi connectivity index (χ0v) is 13.6. The number of carbonyl (C=O) groups is 1. The second-order valence-electron chi connectivity index (χ2n) is 5.95. The Hall–Kier alpha value is -3.18. The van der Waals surface area contributed by atoms with Gasteiger partial charge in [0.2, 0.25) is 0 Å². The molecule has 1 amide bonds. The predicted molar refractivity (Wildman–Crippen MR) is 94.1 cm³/mol. The van der Waals surface area contributed by atoms with E-state index in [0.29, 0.717) is 16.9 Å². The van der Waals surface area contributed by atoms with Crippen molar-refractivity contribution in [1.82, 2.24) is 5.43 Å². The first-order valence-electron chi connectivity index (χ1n) is 7.92. The van der Waals surface area contributed by atoms with Gasteiger partial charge in [-0.15, -0.1) is 0 Å². The Kier molecular flexibility index (Phi) is 3.51. The van der Waals surface area contributed by atoms with Crippen molar-refractivity contribution < 1.29 is 14.3 Å². The molecule has 1 heterocycles. The Morgan fingerprint density at radius 2 is 1.64 bits per heavy atom. The highest BCUT2D eigenvalue weighted by Crippen LogP contribution is 2.47. The van der Waals surface area contributed by atoms with Crippen LogP contribution in [0.2, 0.25) is 0 Å². The van der Waals surface area contributed by atoms with Crippen LogP contribution in [0.15, 0.2) is 70.2 Å². The number of nitrogens with one attached hydrogen (secondary N) is 1. The highest BCUT2D eigenvalue weighted by molar-refractivity contribution is 5.99. The summed E-state index contributed by atoms with van der Waals surface area (Å²) in [5, 5.41) is 15.2. The molecular weight excluding hydrogens is 316 g/mol. The fraction of sp³-hybridized carbons (Fsp3) is 0.100. The molecule has 0 aliphatic heterocycles. The first kappa shape index (κ1) is 15.4. The number of hydrogen-bond donors (Lipinski definition) is 2. The van der Waals surface area contributed by atoms with Gasteiger partial charge in [-0.25, -0.2) is 5.43 Å². The molecule has 2 N–H and O–H groups in total. The highest BCUT2D eigenvalue weighted by atomic mass is 16.3. The molecule has 5 nitrogen and oxygen atoms in total. The van der Waals surface area contributed by atoms with Crippen molar-refractivity contribution >= 4 is 12.1 Å². The first-order valence-corrected chi connectivity index (χ1v) is 7.92. The molecule has 0 fully saturated rings. The van der Waals surface area contributed by atoms with Gasteiger partial charge in [-0.3, -0.25) is 4.79 Å². The maximum absolute atomic E-state index is 12.8. The average molecular weight is 332 g/mol. The van der Waals surface area contributed by atoms with Crippen molar-refractivity contribution in [3.8, 4) is 11.1 Å². The minimum Gasteiger partial charge on any atom is -0.460 e. The summed E-state index contributed by atoms with van der Waals surface area (Å²) < 4.78 is 5.37. The molecule has 0 unspecified atom stereocenters. The monoisotopic (exact) mass is 332 g/mol. The van der Waals surface area contributed by atoms with Gasteiger partial charge in [-0.1, -0.05) is 48.5 Å². The number of carbonyl (C=O) groups excluding carboxylic acids is 1. The van der Waals surface area contributed by atoms with Crippen molar-refractivity contribution in [3.05, 3.63) is 83.3 Å². The topological polar surface area (TPSA) is 74.8 Å². The lowest BCUT2D eigenvalue weighted by atomic mass is 9.91. The van der Waals surface area contributed by atoms with E-state index in [-0.39, 0.29) is 0 Å². The lowest BCUT2D eigenvalue weighted by Crippen LogP contribution is -2.42. The Morgan fingerprint density at radius 1 is 1.04 bits per heavy atom. The van der Waals surface area contributed by atoms with Gasteiger partial charge in [0.1, 0.15) is 11.5 Å². The lowest BCUT2D eigenvalue weighted by molar-refractivity contribution is -0.136. The highest BCUT2D eigenvalue weighted by Gasteiger charge is 2.47. The summed E-state index contributed by atoms with van der Waals surface area (Å²) in [7, 11) is 0. The lowest BCUT2D eigenvalue weighted by Gasteiger charge is -2.23. The van der Waals surface area contributed by atoms with E-state index in [4.69, 9.17) is 4.42 Å². The SMILES string of the molecule is Cc1ccc(C=NNC(=O)C2(O)c3ccccc3-c3ccccc32)o1. The quantitative estimate of drug-likeness (QED) is 0.572. The Morgan fingerprint density at radius 3 is 2.20 bits per heavy atom. The van der Waals surface area contributed by atoms with Crippen molar-refractivity contribution in [2.45, 2.75) is 12.5 Å². The molecule has 3 aromatic rings. The largest absolute Gasteiger partial charge is 0.460 e. The van der Waals surface area contributed by atoms with Crippen LogP contribution in [0.25, 0.3) is 11.1 Å². The minimum absolute atomic E-state index is 0.525. The van der Waals surface area contributed by atoms with E-state index in [9.17, 15) is 9.90 Å². The molecule has 0 saturated carbocycles. The van der Waals surface area contributed by atoms with E-state index in [0.717, 1.165) is 16.9 Å².